The van der Waals surface area contributed by atoms with E-state index in [1.807, 2.05) is 13.0 Å². The van der Waals surface area contributed by atoms with Crippen LogP contribution in [0, 0.1) is 5.82 Å². The Morgan fingerprint density at radius 1 is 1.35 bits per heavy atom. The molecule has 1 aromatic carbocycles. The molecule has 0 aliphatic heterocycles. The first kappa shape index (κ1) is 12.1. The van der Waals surface area contributed by atoms with Gasteiger partial charge in [0.1, 0.15) is 11.3 Å². The Kier molecular flexibility index (Phi) is 3.48. The van der Waals surface area contributed by atoms with E-state index in [1.54, 1.807) is 12.1 Å². The summed E-state index contributed by atoms with van der Waals surface area (Å²) in [5.41, 5.74) is 1.41. The second-order valence-corrected chi connectivity index (χ2v) is 4.22. The minimum atomic E-state index is -0.453. The number of hydrogen-bond donors (Lipinski definition) is 1. The van der Waals surface area contributed by atoms with Crippen molar-refractivity contribution in [2.45, 2.75) is 20.3 Å². The molecule has 1 N–H and O–H groups in total. The van der Waals surface area contributed by atoms with Crippen LogP contribution in [0.5, 0.6) is 0 Å². The van der Waals surface area contributed by atoms with Gasteiger partial charge in [0.25, 0.3) is 0 Å². The van der Waals surface area contributed by atoms with E-state index in [0.29, 0.717) is 5.52 Å². The van der Waals surface area contributed by atoms with Crippen molar-refractivity contribution in [1.29, 1.82) is 0 Å². The lowest BCUT2D eigenvalue weighted by Crippen LogP contribution is -2.04. The first-order valence-electron chi connectivity index (χ1n) is 5.68. The fraction of sp³-hybridized carbons (Fsp3) is 0.308. The van der Waals surface area contributed by atoms with Gasteiger partial charge in [0, 0.05) is 11.9 Å². The SMILES string of the molecule is CCNc1nc2c(F)c(Cl)ccc2cc1CC. The third-order valence-electron chi connectivity index (χ3n) is 2.68. The lowest BCUT2D eigenvalue weighted by atomic mass is 10.1. The van der Waals surface area contributed by atoms with Gasteiger partial charge in [0.05, 0.1) is 5.02 Å². The van der Waals surface area contributed by atoms with Gasteiger partial charge in [-0.15, -0.1) is 0 Å². The average molecular weight is 253 g/mol. The molecule has 0 radical (unpaired) electrons. The van der Waals surface area contributed by atoms with E-state index in [-0.39, 0.29) is 5.02 Å². The molecule has 90 valence electrons. The van der Waals surface area contributed by atoms with Gasteiger partial charge in [-0.05, 0) is 31.0 Å². The molecular weight excluding hydrogens is 239 g/mol. The maximum Gasteiger partial charge on any atom is 0.168 e. The molecule has 17 heavy (non-hydrogen) atoms. The number of pyridine rings is 1. The van der Waals surface area contributed by atoms with E-state index >= 15 is 0 Å². The quantitative estimate of drug-likeness (QED) is 0.892. The molecule has 0 unspecified atom stereocenters. The summed E-state index contributed by atoms with van der Waals surface area (Å²) in [6.45, 7) is 4.79. The fourth-order valence-corrected chi connectivity index (χ4v) is 1.97. The van der Waals surface area contributed by atoms with Gasteiger partial charge in [0.15, 0.2) is 5.82 Å². The van der Waals surface area contributed by atoms with E-state index in [0.717, 1.165) is 29.7 Å². The van der Waals surface area contributed by atoms with Gasteiger partial charge in [-0.2, -0.15) is 0 Å². The van der Waals surface area contributed by atoms with E-state index in [9.17, 15) is 4.39 Å². The van der Waals surface area contributed by atoms with E-state index in [1.165, 1.54) is 0 Å². The Morgan fingerprint density at radius 3 is 2.76 bits per heavy atom. The summed E-state index contributed by atoms with van der Waals surface area (Å²) < 4.78 is 13.8. The lowest BCUT2D eigenvalue weighted by molar-refractivity contribution is 0.637. The van der Waals surface area contributed by atoms with Crippen molar-refractivity contribution in [3.63, 3.8) is 0 Å². The highest BCUT2D eigenvalue weighted by atomic mass is 35.5. The van der Waals surface area contributed by atoms with Gasteiger partial charge in [-0.3, -0.25) is 0 Å². The van der Waals surface area contributed by atoms with Crippen molar-refractivity contribution in [3.8, 4) is 0 Å². The van der Waals surface area contributed by atoms with Crippen molar-refractivity contribution in [1.82, 2.24) is 4.98 Å². The maximum atomic E-state index is 13.8. The number of nitrogens with zero attached hydrogens (tertiary/aromatic N) is 1. The Labute approximate surface area is 105 Å². The predicted molar refractivity (Wildman–Crippen MR) is 70.3 cm³/mol. The van der Waals surface area contributed by atoms with Crippen LogP contribution >= 0.6 is 11.6 Å². The van der Waals surface area contributed by atoms with Crippen molar-refractivity contribution < 1.29 is 4.39 Å². The van der Waals surface area contributed by atoms with Gasteiger partial charge in [0.2, 0.25) is 0 Å². The van der Waals surface area contributed by atoms with Gasteiger partial charge in [-0.25, -0.2) is 9.37 Å². The summed E-state index contributed by atoms with van der Waals surface area (Å²) in [7, 11) is 0. The molecule has 2 nitrogen and oxygen atoms in total. The normalized spacial score (nSPS) is 10.8. The highest BCUT2D eigenvalue weighted by molar-refractivity contribution is 6.31. The predicted octanol–water partition coefficient (Wildman–Crippen LogP) is 4.02. The summed E-state index contributed by atoms with van der Waals surface area (Å²) in [5.74, 6) is 0.287. The molecule has 0 amide bonds. The van der Waals surface area contributed by atoms with Crippen LogP contribution in [0.25, 0.3) is 10.9 Å². The van der Waals surface area contributed by atoms with Crippen molar-refractivity contribution >= 4 is 28.3 Å². The van der Waals surface area contributed by atoms with Crippen LogP contribution in [-0.4, -0.2) is 11.5 Å². The number of anilines is 1. The zero-order chi connectivity index (χ0) is 12.4. The zero-order valence-electron chi connectivity index (χ0n) is 9.85. The molecule has 0 saturated carbocycles. The Bertz CT molecular complexity index is 555. The zero-order valence-corrected chi connectivity index (χ0v) is 10.6. The second-order valence-electron chi connectivity index (χ2n) is 3.81. The molecular formula is C13H14ClFN2. The van der Waals surface area contributed by atoms with E-state index < -0.39 is 5.82 Å². The molecule has 1 aromatic heterocycles. The van der Waals surface area contributed by atoms with Gasteiger partial charge >= 0.3 is 0 Å². The summed E-state index contributed by atoms with van der Waals surface area (Å²) in [6, 6.07) is 5.32. The first-order valence-corrected chi connectivity index (χ1v) is 6.06. The molecule has 0 saturated heterocycles. The van der Waals surface area contributed by atoms with Crippen LogP contribution < -0.4 is 5.32 Å². The standard InChI is InChI=1S/C13H14ClFN2/c1-3-8-7-9-5-6-10(14)11(15)12(9)17-13(8)16-4-2/h5-7H,3-4H2,1-2H3,(H,16,17). The molecule has 2 rings (SSSR count). The molecule has 0 aliphatic carbocycles. The van der Waals surface area contributed by atoms with Crippen LogP contribution in [0.15, 0.2) is 18.2 Å². The highest BCUT2D eigenvalue weighted by Crippen LogP contribution is 2.27. The number of benzene rings is 1. The van der Waals surface area contributed by atoms with E-state index in [4.69, 9.17) is 11.6 Å². The average Bonchev–Trinajstić information content (AvgIpc) is 2.34. The molecule has 0 atom stereocenters. The third-order valence-corrected chi connectivity index (χ3v) is 2.97. The second kappa shape index (κ2) is 4.88. The lowest BCUT2D eigenvalue weighted by Gasteiger charge is -2.10. The number of aromatic nitrogens is 1. The molecule has 2 aromatic rings. The third kappa shape index (κ3) is 2.20. The molecule has 4 heteroatoms. The van der Waals surface area contributed by atoms with Crippen molar-refractivity contribution in [3.05, 3.63) is 34.6 Å². The van der Waals surface area contributed by atoms with Crippen molar-refractivity contribution in [2.75, 3.05) is 11.9 Å². The van der Waals surface area contributed by atoms with Crippen LogP contribution in [0.2, 0.25) is 5.02 Å². The van der Waals surface area contributed by atoms with Crippen LogP contribution in [0.1, 0.15) is 19.4 Å². The van der Waals surface area contributed by atoms with Crippen LogP contribution in [0.3, 0.4) is 0 Å². The maximum absolute atomic E-state index is 13.8. The summed E-state index contributed by atoms with van der Waals surface area (Å²) in [6.07, 6.45) is 0.857. The number of halogens is 2. The van der Waals surface area contributed by atoms with Crippen molar-refractivity contribution in [2.24, 2.45) is 0 Å². The summed E-state index contributed by atoms with van der Waals surface area (Å²) in [5, 5.41) is 4.04. The number of nitrogens with one attached hydrogen (secondary N) is 1. The summed E-state index contributed by atoms with van der Waals surface area (Å²) >= 11 is 5.76. The largest absolute Gasteiger partial charge is 0.370 e. The molecule has 0 fully saturated rings. The number of hydrogen-bond acceptors (Lipinski definition) is 2. The van der Waals surface area contributed by atoms with E-state index in [2.05, 4.69) is 17.2 Å². The molecule has 0 bridgehead atoms. The van der Waals surface area contributed by atoms with Crippen LogP contribution in [-0.2, 0) is 6.42 Å². The first-order chi connectivity index (χ1) is 8.17. The van der Waals surface area contributed by atoms with Crippen LogP contribution in [0.4, 0.5) is 10.2 Å². The molecule has 0 aliphatic rings. The molecule has 0 spiro atoms. The topological polar surface area (TPSA) is 24.9 Å². The fourth-order valence-electron chi connectivity index (χ4n) is 1.81. The summed E-state index contributed by atoms with van der Waals surface area (Å²) in [4.78, 5) is 4.33. The monoisotopic (exact) mass is 252 g/mol. The minimum Gasteiger partial charge on any atom is -0.370 e. The number of aryl methyl sites for hydroxylation is 1. The number of fused-ring (bicyclic) bond motifs is 1. The Balaban J connectivity index is 2.70. The van der Waals surface area contributed by atoms with Gasteiger partial charge in [-0.1, -0.05) is 24.6 Å². The minimum absolute atomic E-state index is 0.108. The Morgan fingerprint density at radius 2 is 2.12 bits per heavy atom. The van der Waals surface area contributed by atoms with Gasteiger partial charge < -0.3 is 5.32 Å². The molecule has 1 heterocycles. The Hall–Kier alpha value is -1.35. The highest BCUT2D eigenvalue weighted by Gasteiger charge is 2.10. The smallest absolute Gasteiger partial charge is 0.168 e. The number of rotatable bonds is 3.